The molecule has 18 heavy (non-hydrogen) atoms. The van der Waals surface area contributed by atoms with Gasteiger partial charge in [0.05, 0.1) is 6.20 Å². The largest absolute Gasteiger partial charge is 0.324 e. The number of hydrogen-bond acceptors (Lipinski definition) is 2. The fourth-order valence-corrected chi connectivity index (χ4v) is 2.11. The van der Waals surface area contributed by atoms with Crippen molar-refractivity contribution in [2.75, 3.05) is 0 Å². The predicted octanol–water partition coefficient (Wildman–Crippen LogP) is 2.42. The summed E-state index contributed by atoms with van der Waals surface area (Å²) in [6.45, 7) is 3.90. The lowest BCUT2D eigenvalue weighted by Gasteiger charge is -2.13. The molecule has 2 N–H and O–H groups in total. The van der Waals surface area contributed by atoms with E-state index in [0.717, 1.165) is 22.4 Å². The van der Waals surface area contributed by atoms with Crippen LogP contribution in [0.4, 0.5) is 4.39 Å². The molecule has 0 aliphatic carbocycles. The van der Waals surface area contributed by atoms with E-state index < -0.39 is 0 Å². The summed E-state index contributed by atoms with van der Waals surface area (Å²) in [4.78, 5) is 0. The van der Waals surface area contributed by atoms with E-state index in [1.54, 1.807) is 12.3 Å². The Kier molecular flexibility index (Phi) is 3.48. The van der Waals surface area contributed by atoms with Crippen molar-refractivity contribution >= 4 is 0 Å². The van der Waals surface area contributed by atoms with Crippen molar-refractivity contribution in [2.24, 2.45) is 12.8 Å². The van der Waals surface area contributed by atoms with Crippen LogP contribution in [0.15, 0.2) is 24.4 Å². The van der Waals surface area contributed by atoms with Crippen LogP contribution in [-0.2, 0) is 13.5 Å². The zero-order valence-corrected chi connectivity index (χ0v) is 10.9. The molecule has 1 unspecified atom stereocenters. The molecule has 0 amide bonds. The van der Waals surface area contributed by atoms with Crippen LogP contribution < -0.4 is 5.73 Å². The molecule has 0 bridgehead atoms. The third kappa shape index (κ3) is 2.43. The highest BCUT2D eigenvalue weighted by Gasteiger charge is 2.14. The first-order chi connectivity index (χ1) is 8.49. The predicted molar refractivity (Wildman–Crippen MR) is 69.7 cm³/mol. The van der Waals surface area contributed by atoms with Crippen LogP contribution in [0.5, 0.6) is 0 Å². The molecule has 1 aromatic carbocycles. The zero-order chi connectivity index (χ0) is 13.3. The molecule has 0 saturated carbocycles. The lowest BCUT2D eigenvalue weighted by Crippen LogP contribution is -2.15. The number of aryl methyl sites for hydroxylation is 2. The molecule has 1 heterocycles. The Morgan fingerprint density at radius 1 is 1.39 bits per heavy atom. The number of nitrogens with two attached hydrogens (primary N) is 1. The molecule has 2 aromatic rings. The Bertz CT molecular complexity index is 560. The summed E-state index contributed by atoms with van der Waals surface area (Å²) in [6.07, 6.45) is 2.50. The Hall–Kier alpha value is -1.68. The number of hydrogen-bond donors (Lipinski definition) is 1. The van der Waals surface area contributed by atoms with Gasteiger partial charge in [0.15, 0.2) is 0 Å². The Balaban J connectivity index is 2.21. The van der Waals surface area contributed by atoms with Crippen LogP contribution in [-0.4, -0.2) is 9.78 Å². The second kappa shape index (κ2) is 4.90. The summed E-state index contributed by atoms with van der Waals surface area (Å²) >= 11 is 0. The van der Waals surface area contributed by atoms with Gasteiger partial charge in [0.1, 0.15) is 5.82 Å². The van der Waals surface area contributed by atoms with Gasteiger partial charge in [-0.3, -0.25) is 4.68 Å². The normalized spacial score (nSPS) is 12.7. The standard InChI is InChI=1S/C14H18FN3/c1-9-6-12(15)5-4-11(9)7-14(16)13-8-17-18(3)10(13)2/h4-6,8,14H,7,16H2,1-3H3. The van der Waals surface area contributed by atoms with Gasteiger partial charge < -0.3 is 5.73 Å². The van der Waals surface area contributed by atoms with E-state index in [2.05, 4.69) is 5.10 Å². The maximum absolute atomic E-state index is 13.0. The number of rotatable bonds is 3. The van der Waals surface area contributed by atoms with E-state index in [1.807, 2.05) is 25.6 Å². The Labute approximate surface area is 106 Å². The minimum Gasteiger partial charge on any atom is -0.324 e. The average molecular weight is 247 g/mol. The van der Waals surface area contributed by atoms with Crippen molar-refractivity contribution < 1.29 is 4.39 Å². The van der Waals surface area contributed by atoms with Gasteiger partial charge >= 0.3 is 0 Å². The number of benzene rings is 1. The van der Waals surface area contributed by atoms with Crippen LogP contribution in [0.3, 0.4) is 0 Å². The molecule has 1 aromatic heterocycles. The van der Waals surface area contributed by atoms with Crippen molar-refractivity contribution in [3.63, 3.8) is 0 Å². The minimum absolute atomic E-state index is 0.108. The smallest absolute Gasteiger partial charge is 0.123 e. The van der Waals surface area contributed by atoms with Crippen molar-refractivity contribution in [3.8, 4) is 0 Å². The number of halogens is 1. The second-order valence-electron chi connectivity index (χ2n) is 4.69. The van der Waals surface area contributed by atoms with Gasteiger partial charge in [0.25, 0.3) is 0 Å². The molecule has 0 spiro atoms. The molecular weight excluding hydrogens is 229 g/mol. The highest BCUT2D eigenvalue weighted by atomic mass is 19.1. The Morgan fingerprint density at radius 2 is 2.11 bits per heavy atom. The van der Waals surface area contributed by atoms with Gasteiger partial charge in [-0.05, 0) is 43.5 Å². The van der Waals surface area contributed by atoms with Crippen molar-refractivity contribution in [1.82, 2.24) is 9.78 Å². The summed E-state index contributed by atoms with van der Waals surface area (Å²) in [5.74, 6) is -0.206. The van der Waals surface area contributed by atoms with Crippen molar-refractivity contribution in [3.05, 3.63) is 52.6 Å². The number of nitrogens with zero attached hydrogens (tertiary/aromatic N) is 2. The fourth-order valence-electron chi connectivity index (χ4n) is 2.11. The average Bonchev–Trinajstić information content (AvgIpc) is 2.64. The highest BCUT2D eigenvalue weighted by molar-refractivity contribution is 5.30. The molecule has 0 aliphatic heterocycles. The Morgan fingerprint density at radius 3 is 2.67 bits per heavy atom. The van der Waals surface area contributed by atoms with E-state index in [9.17, 15) is 4.39 Å². The minimum atomic E-state index is -0.206. The van der Waals surface area contributed by atoms with Crippen LogP contribution >= 0.6 is 0 Å². The van der Waals surface area contributed by atoms with Gasteiger partial charge in [-0.1, -0.05) is 6.07 Å². The van der Waals surface area contributed by atoms with Gasteiger partial charge in [0.2, 0.25) is 0 Å². The van der Waals surface area contributed by atoms with E-state index in [1.165, 1.54) is 12.1 Å². The van der Waals surface area contributed by atoms with E-state index in [0.29, 0.717) is 6.42 Å². The maximum atomic E-state index is 13.0. The summed E-state index contributed by atoms with van der Waals surface area (Å²) in [6, 6.07) is 4.71. The van der Waals surface area contributed by atoms with Gasteiger partial charge in [-0.15, -0.1) is 0 Å². The summed E-state index contributed by atoms with van der Waals surface area (Å²) < 4.78 is 14.8. The van der Waals surface area contributed by atoms with Crippen LogP contribution in [0.25, 0.3) is 0 Å². The molecule has 4 heteroatoms. The maximum Gasteiger partial charge on any atom is 0.123 e. The van der Waals surface area contributed by atoms with Crippen LogP contribution in [0.1, 0.15) is 28.4 Å². The van der Waals surface area contributed by atoms with E-state index in [-0.39, 0.29) is 11.9 Å². The van der Waals surface area contributed by atoms with Crippen molar-refractivity contribution in [1.29, 1.82) is 0 Å². The number of aromatic nitrogens is 2. The zero-order valence-electron chi connectivity index (χ0n) is 10.9. The second-order valence-corrected chi connectivity index (χ2v) is 4.69. The van der Waals surface area contributed by atoms with Crippen LogP contribution in [0.2, 0.25) is 0 Å². The van der Waals surface area contributed by atoms with E-state index >= 15 is 0 Å². The van der Waals surface area contributed by atoms with Gasteiger partial charge in [0, 0.05) is 24.3 Å². The molecule has 0 aliphatic rings. The van der Waals surface area contributed by atoms with Gasteiger partial charge in [-0.2, -0.15) is 5.10 Å². The molecule has 0 radical (unpaired) electrons. The summed E-state index contributed by atoms with van der Waals surface area (Å²) in [7, 11) is 1.90. The molecule has 3 nitrogen and oxygen atoms in total. The molecule has 1 atom stereocenters. The quantitative estimate of drug-likeness (QED) is 0.905. The highest BCUT2D eigenvalue weighted by Crippen LogP contribution is 2.21. The monoisotopic (exact) mass is 247 g/mol. The lowest BCUT2D eigenvalue weighted by molar-refractivity contribution is 0.623. The summed E-state index contributed by atoms with van der Waals surface area (Å²) in [5.41, 5.74) is 10.3. The van der Waals surface area contributed by atoms with Gasteiger partial charge in [-0.25, -0.2) is 4.39 Å². The molecule has 0 fully saturated rings. The first-order valence-electron chi connectivity index (χ1n) is 5.98. The third-order valence-electron chi connectivity index (χ3n) is 3.42. The fraction of sp³-hybridized carbons (Fsp3) is 0.357. The van der Waals surface area contributed by atoms with Crippen LogP contribution in [0, 0.1) is 19.7 Å². The lowest BCUT2D eigenvalue weighted by atomic mass is 9.97. The molecule has 0 saturated heterocycles. The molecule has 96 valence electrons. The first-order valence-corrected chi connectivity index (χ1v) is 5.98. The summed E-state index contributed by atoms with van der Waals surface area (Å²) in [5, 5.41) is 4.19. The molecule has 2 rings (SSSR count). The SMILES string of the molecule is Cc1cc(F)ccc1CC(N)c1cnn(C)c1C. The third-order valence-corrected chi connectivity index (χ3v) is 3.42. The first kappa shape index (κ1) is 12.8. The molecular formula is C14H18FN3. The van der Waals surface area contributed by atoms with E-state index in [4.69, 9.17) is 5.73 Å². The topological polar surface area (TPSA) is 43.8 Å². The van der Waals surface area contributed by atoms with Crippen molar-refractivity contribution in [2.45, 2.75) is 26.3 Å².